The van der Waals surface area contributed by atoms with Crippen LogP contribution in [0.3, 0.4) is 0 Å². The first kappa shape index (κ1) is 10.0. The molecule has 0 unspecified atom stereocenters. The van der Waals surface area contributed by atoms with Gasteiger partial charge in [0.1, 0.15) is 5.75 Å². The molecule has 64 valence electrons. The quantitative estimate of drug-likeness (QED) is 0.724. The predicted octanol–water partition coefficient (Wildman–Crippen LogP) is 2.30. The normalized spacial score (nSPS) is 9.83. The van der Waals surface area contributed by atoms with Crippen LogP contribution in [-0.4, -0.2) is 16.2 Å². The van der Waals surface area contributed by atoms with Crippen molar-refractivity contribution in [1.82, 2.24) is 0 Å². The lowest BCUT2D eigenvalue weighted by Gasteiger charge is -2.03. The third-order valence-corrected chi connectivity index (χ3v) is 3.28. The minimum Gasteiger partial charge on any atom is -0.507 e. The maximum absolute atomic E-state index is 10.7. The van der Waals surface area contributed by atoms with E-state index >= 15 is 0 Å². The smallest absolute Gasteiger partial charge is 0.337 e. The van der Waals surface area contributed by atoms with Gasteiger partial charge in [-0.05, 0) is 57.3 Å². The van der Waals surface area contributed by atoms with E-state index in [9.17, 15) is 9.90 Å². The molecule has 0 heterocycles. The molecule has 2 N–H and O–H groups in total. The molecule has 0 radical (unpaired) electrons. The van der Waals surface area contributed by atoms with E-state index in [1.165, 1.54) is 6.07 Å². The van der Waals surface area contributed by atoms with Gasteiger partial charge in [-0.15, -0.1) is 0 Å². The summed E-state index contributed by atoms with van der Waals surface area (Å²) >= 11 is 3.73. The summed E-state index contributed by atoms with van der Waals surface area (Å²) in [5.74, 6) is -1.01. The summed E-state index contributed by atoms with van der Waals surface area (Å²) in [5, 5.41) is 17.9. The van der Waals surface area contributed by atoms with Crippen molar-refractivity contribution >= 4 is 51.2 Å². The van der Waals surface area contributed by atoms with Gasteiger partial charge in [-0.25, -0.2) is 4.79 Å². The molecule has 3 nitrogen and oxygen atoms in total. The van der Waals surface area contributed by atoms with Gasteiger partial charge in [-0.3, -0.25) is 0 Å². The maximum atomic E-state index is 10.7. The number of rotatable bonds is 1. The number of phenols is 1. The summed E-state index contributed by atoms with van der Waals surface area (Å²) in [4.78, 5) is 10.7. The average Bonchev–Trinajstić information content (AvgIpc) is 1.97. The van der Waals surface area contributed by atoms with Gasteiger partial charge >= 0.3 is 5.97 Å². The highest BCUT2D eigenvalue weighted by Crippen LogP contribution is 2.27. The van der Waals surface area contributed by atoms with E-state index in [0.717, 1.165) is 0 Å². The number of carboxylic acid groups (broad SMARTS) is 1. The summed E-state index contributed by atoms with van der Waals surface area (Å²) < 4.78 is 1.01. The van der Waals surface area contributed by atoms with Crippen molar-refractivity contribution < 1.29 is 15.0 Å². The van der Waals surface area contributed by atoms with Crippen molar-refractivity contribution in [2.24, 2.45) is 0 Å². The molecule has 0 amide bonds. The fourth-order valence-corrected chi connectivity index (χ4v) is 2.63. The zero-order valence-corrected chi connectivity index (χ0v) is 10.0. The molecule has 0 atom stereocenters. The Hall–Kier alpha value is -0.0500. The van der Waals surface area contributed by atoms with Crippen molar-refractivity contribution in [1.29, 1.82) is 0 Å². The maximum Gasteiger partial charge on any atom is 0.337 e. The Labute approximate surface area is 96.1 Å². The topological polar surface area (TPSA) is 57.5 Å². The predicted molar refractivity (Wildman–Crippen MR) is 60.5 cm³/mol. The third kappa shape index (κ3) is 1.82. The number of halogens is 2. The highest BCUT2D eigenvalue weighted by molar-refractivity contribution is 14.1. The Morgan fingerprint density at radius 1 is 1.33 bits per heavy atom. The van der Waals surface area contributed by atoms with Gasteiger partial charge < -0.3 is 10.2 Å². The van der Waals surface area contributed by atoms with Crippen LogP contribution >= 0.6 is 45.2 Å². The first-order chi connectivity index (χ1) is 5.54. The molecule has 0 aromatic heterocycles. The van der Waals surface area contributed by atoms with Crippen molar-refractivity contribution in [3.05, 3.63) is 24.8 Å². The number of hydrogen-bond acceptors (Lipinski definition) is 2. The number of benzene rings is 1. The molecule has 0 aliphatic heterocycles. The summed E-state index contributed by atoms with van der Waals surface area (Å²) in [5.41, 5.74) is 0.163. The summed E-state index contributed by atoms with van der Waals surface area (Å²) in [7, 11) is 0. The molecule has 12 heavy (non-hydrogen) atoms. The zero-order valence-electron chi connectivity index (χ0n) is 5.71. The number of carbonyl (C=O) groups is 1. The van der Waals surface area contributed by atoms with E-state index in [-0.39, 0.29) is 11.3 Å². The first-order valence-corrected chi connectivity index (χ1v) is 5.10. The van der Waals surface area contributed by atoms with Gasteiger partial charge in [-0.2, -0.15) is 0 Å². The molecule has 0 bridgehead atoms. The standard InChI is InChI=1S/C7H4I2O3/c8-3-1-2-4(10)6(9)5(3)7(11)12/h1-2,10H,(H,11,12). The molecule has 0 aliphatic rings. The van der Waals surface area contributed by atoms with Crippen molar-refractivity contribution in [2.45, 2.75) is 0 Å². The van der Waals surface area contributed by atoms with Crippen LogP contribution < -0.4 is 0 Å². The van der Waals surface area contributed by atoms with Gasteiger partial charge in [0.2, 0.25) is 0 Å². The molecule has 1 aromatic rings. The molecule has 0 fully saturated rings. The van der Waals surface area contributed by atoms with Crippen LogP contribution in [0.5, 0.6) is 5.75 Å². The molecule has 0 saturated carbocycles. The summed E-state index contributed by atoms with van der Waals surface area (Å²) in [6, 6.07) is 3.05. The van der Waals surface area contributed by atoms with Crippen LogP contribution in [0.15, 0.2) is 12.1 Å². The number of phenolic OH excluding ortho intramolecular Hbond substituents is 1. The highest BCUT2D eigenvalue weighted by atomic mass is 127. The van der Waals surface area contributed by atoms with Crippen molar-refractivity contribution in [3.63, 3.8) is 0 Å². The fourth-order valence-electron chi connectivity index (χ4n) is 0.738. The van der Waals surface area contributed by atoms with Crippen LogP contribution in [0.25, 0.3) is 0 Å². The van der Waals surface area contributed by atoms with Crippen molar-refractivity contribution in [2.75, 3.05) is 0 Å². The van der Waals surface area contributed by atoms with E-state index in [1.807, 2.05) is 45.2 Å². The molecular formula is C7H4I2O3. The SMILES string of the molecule is O=C(O)c1c(I)ccc(O)c1I. The molecule has 1 rings (SSSR count). The minimum atomic E-state index is -1.01. The molecular weight excluding hydrogens is 386 g/mol. The molecule has 0 spiro atoms. The van der Waals surface area contributed by atoms with Gasteiger partial charge in [0.05, 0.1) is 9.13 Å². The van der Waals surface area contributed by atoms with Crippen LogP contribution in [0.2, 0.25) is 0 Å². The van der Waals surface area contributed by atoms with Gasteiger partial charge in [0.15, 0.2) is 0 Å². The minimum absolute atomic E-state index is 0.00779. The van der Waals surface area contributed by atoms with E-state index < -0.39 is 5.97 Å². The van der Waals surface area contributed by atoms with E-state index in [2.05, 4.69) is 0 Å². The molecule has 1 aromatic carbocycles. The van der Waals surface area contributed by atoms with Gasteiger partial charge in [-0.1, -0.05) is 0 Å². The Bertz CT molecular complexity index is 336. The second-order valence-corrected chi connectivity index (χ2v) is 4.30. The average molecular weight is 390 g/mol. The Kier molecular flexibility index (Phi) is 3.16. The number of carboxylic acids is 1. The summed E-state index contributed by atoms with van der Waals surface area (Å²) in [6.07, 6.45) is 0. The van der Waals surface area contributed by atoms with Gasteiger partial charge in [0, 0.05) is 3.57 Å². The lowest BCUT2D eigenvalue weighted by molar-refractivity contribution is 0.0694. The molecule has 0 saturated heterocycles. The Balaban J connectivity index is 3.43. The lowest BCUT2D eigenvalue weighted by Crippen LogP contribution is -2.02. The van der Waals surface area contributed by atoms with E-state index in [0.29, 0.717) is 7.14 Å². The highest BCUT2D eigenvalue weighted by Gasteiger charge is 2.15. The van der Waals surface area contributed by atoms with Crippen LogP contribution in [0.1, 0.15) is 10.4 Å². The second kappa shape index (κ2) is 3.77. The number of hydrogen-bond donors (Lipinski definition) is 2. The third-order valence-electron chi connectivity index (χ3n) is 1.28. The van der Waals surface area contributed by atoms with Crippen molar-refractivity contribution in [3.8, 4) is 5.75 Å². The Morgan fingerprint density at radius 2 is 1.92 bits per heavy atom. The van der Waals surface area contributed by atoms with E-state index in [4.69, 9.17) is 5.11 Å². The summed E-state index contributed by atoms with van der Waals surface area (Å²) in [6.45, 7) is 0. The monoisotopic (exact) mass is 390 g/mol. The van der Waals surface area contributed by atoms with Crippen LogP contribution in [0.4, 0.5) is 0 Å². The lowest BCUT2D eigenvalue weighted by atomic mass is 10.2. The zero-order chi connectivity index (χ0) is 9.30. The van der Waals surface area contributed by atoms with Gasteiger partial charge in [0.25, 0.3) is 0 Å². The Morgan fingerprint density at radius 3 is 2.33 bits per heavy atom. The number of aromatic carboxylic acids is 1. The van der Waals surface area contributed by atoms with Crippen LogP contribution in [-0.2, 0) is 0 Å². The largest absolute Gasteiger partial charge is 0.507 e. The number of aromatic hydroxyl groups is 1. The van der Waals surface area contributed by atoms with E-state index in [1.54, 1.807) is 6.07 Å². The molecule has 5 heteroatoms. The first-order valence-electron chi connectivity index (χ1n) is 2.94. The van der Waals surface area contributed by atoms with Crippen LogP contribution in [0, 0.1) is 7.14 Å². The molecule has 0 aliphatic carbocycles. The second-order valence-electron chi connectivity index (χ2n) is 2.06. The fraction of sp³-hybridized carbons (Fsp3) is 0.